The molecule has 0 radical (unpaired) electrons. The van der Waals surface area contributed by atoms with Crippen molar-refractivity contribution < 1.29 is 8.83 Å². The number of para-hydroxylation sites is 6. The van der Waals surface area contributed by atoms with Crippen LogP contribution in [0.5, 0.6) is 0 Å². The molecule has 0 saturated carbocycles. The first-order valence-corrected chi connectivity index (χ1v) is 26.2. The van der Waals surface area contributed by atoms with Crippen LogP contribution in [-0.4, -0.2) is 18.3 Å². The van der Waals surface area contributed by atoms with Crippen LogP contribution in [0.25, 0.3) is 154 Å². The fourth-order valence-electron chi connectivity index (χ4n) is 13.5. The summed E-state index contributed by atoms with van der Waals surface area (Å²) in [6.45, 7) is 4.24. The second-order valence-electron chi connectivity index (χ2n) is 20.7. The average Bonchev–Trinajstić information content (AvgIpc) is 4.36. The van der Waals surface area contributed by atoms with Crippen molar-refractivity contribution in [1.29, 1.82) is 10.5 Å². The van der Waals surface area contributed by atoms with E-state index in [9.17, 15) is 10.5 Å². The van der Waals surface area contributed by atoms with Gasteiger partial charge in [-0.2, -0.15) is 10.5 Å². The van der Waals surface area contributed by atoms with Crippen molar-refractivity contribution in [1.82, 2.24) is 18.3 Å². The highest BCUT2D eigenvalue weighted by molar-refractivity contribution is 6.29. The molecule has 0 aliphatic heterocycles. The number of furan rings is 2. The number of nitrogens with zero attached hydrogens (tertiary/aromatic N) is 6. The fraction of sp³-hybridized carbons (Fsp3) is 0.0286. The van der Waals surface area contributed by atoms with Crippen LogP contribution < -0.4 is 0 Å². The van der Waals surface area contributed by atoms with Gasteiger partial charge in [0.1, 0.15) is 45.6 Å². The quantitative estimate of drug-likeness (QED) is 0.176. The molecule has 0 saturated heterocycles. The largest absolute Gasteiger partial charge is 0.456 e. The Morgan fingerprint density at radius 1 is 0.282 bits per heavy atom. The molecule has 0 aliphatic rings. The van der Waals surface area contributed by atoms with E-state index in [1.807, 2.05) is 36.4 Å². The third-order valence-electron chi connectivity index (χ3n) is 16.5. The molecule has 0 spiro atoms. The van der Waals surface area contributed by atoms with Gasteiger partial charge in [-0.1, -0.05) is 132 Å². The van der Waals surface area contributed by atoms with Gasteiger partial charge in [-0.3, -0.25) is 0 Å². The summed E-state index contributed by atoms with van der Waals surface area (Å²) in [7, 11) is 0. The van der Waals surface area contributed by atoms with Crippen LogP contribution in [0, 0.1) is 36.5 Å². The Bertz CT molecular complexity index is 5380. The molecule has 0 atom stereocenters. The van der Waals surface area contributed by atoms with Crippen LogP contribution in [0.15, 0.2) is 215 Å². The van der Waals surface area contributed by atoms with E-state index in [0.717, 1.165) is 142 Å². The lowest BCUT2D eigenvalue weighted by Gasteiger charge is -2.27. The van der Waals surface area contributed by atoms with Crippen LogP contribution in [0.4, 0.5) is 0 Å². The van der Waals surface area contributed by atoms with Gasteiger partial charge in [-0.05, 0) is 98.8 Å². The zero-order chi connectivity index (χ0) is 51.7. The molecule has 8 nitrogen and oxygen atoms in total. The number of nitriles is 2. The minimum absolute atomic E-state index is 0.339. The number of aryl methyl sites for hydroxylation is 2. The van der Waals surface area contributed by atoms with Crippen molar-refractivity contribution in [2.45, 2.75) is 13.8 Å². The third-order valence-corrected chi connectivity index (χ3v) is 16.5. The predicted octanol–water partition coefficient (Wildman–Crippen LogP) is 18.2. The minimum Gasteiger partial charge on any atom is -0.456 e. The lowest BCUT2D eigenvalue weighted by Crippen LogP contribution is -2.17. The Hall–Kier alpha value is -10.8. The molecule has 6 heterocycles. The maximum Gasteiger partial charge on any atom is 0.136 e. The minimum atomic E-state index is 0.339. The van der Waals surface area contributed by atoms with Crippen LogP contribution in [-0.2, 0) is 0 Å². The molecule has 0 aliphatic carbocycles. The van der Waals surface area contributed by atoms with Gasteiger partial charge in [0.05, 0.1) is 66.9 Å². The first-order chi connectivity index (χ1) is 38.5. The SMILES string of the molecule is Cc1ccc2c(c1)c1c3c(ccc1n2-c1c(C#N)c(-n2c4ccccc4c4ccccc42)c(-n2c4ccc(C)cc4c4c5c(ccc42)oc2ccccc25)c(-n2c4ccccc4c4ccccc42)c1C#N)oc1ccccc13. The predicted molar refractivity (Wildman–Crippen MR) is 317 cm³/mol. The Morgan fingerprint density at radius 3 is 1.00 bits per heavy atom. The topological polar surface area (TPSA) is 93.6 Å². The van der Waals surface area contributed by atoms with Crippen molar-refractivity contribution in [2.75, 3.05) is 0 Å². The summed E-state index contributed by atoms with van der Waals surface area (Å²) in [5, 5.41) is 37.5. The average molecular weight is 997 g/mol. The van der Waals surface area contributed by atoms with Crippen LogP contribution >= 0.6 is 0 Å². The molecule has 362 valence electrons. The van der Waals surface area contributed by atoms with Gasteiger partial charge in [-0.15, -0.1) is 0 Å². The van der Waals surface area contributed by atoms with Gasteiger partial charge in [-0.25, -0.2) is 0 Å². The normalized spacial score (nSPS) is 12.2. The highest BCUT2D eigenvalue weighted by Crippen LogP contribution is 2.51. The summed E-state index contributed by atoms with van der Waals surface area (Å²) in [5.74, 6) is 0. The van der Waals surface area contributed by atoms with E-state index in [0.29, 0.717) is 33.9 Å². The summed E-state index contributed by atoms with van der Waals surface area (Å²) in [5.41, 5.74) is 15.6. The lowest BCUT2D eigenvalue weighted by atomic mass is 9.98. The number of rotatable bonds is 4. The number of fused-ring (bicyclic) bond motifs is 20. The Morgan fingerprint density at radius 2 is 0.603 bits per heavy atom. The Balaban J connectivity index is 1.20. The van der Waals surface area contributed by atoms with E-state index in [4.69, 9.17) is 8.83 Å². The van der Waals surface area contributed by atoms with Crippen LogP contribution in [0.3, 0.4) is 0 Å². The number of hydrogen-bond donors (Lipinski definition) is 0. The molecule has 0 N–H and O–H groups in total. The van der Waals surface area contributed by atoms with Crippen molar-refractivity contribution in [3.05, 3.63) is 229 Å². The standard InChI is InChI=1S/C70H40N6O2/c1-39-27-29-55-47(35-39)63-57(31-33-61-65(63)45-19-7-13-25-59(45)77-61)75(55)67-49(37-71)68(73-51-21-9-3-15-41(51)42-16-4-10-22-52(42)73)70(69(50(67)38-72)74-53-23-11-5-17-43(53)44-18-6-12-24-54(44)74)76-56-30-28-40(2)36-48(56)64-58(76)32-34-62-66(64)46-20-8-14-26-60(46)78-62/h3-36H,1-2H3. The summed E-state index contributed by atoms with van der Waals surface area (Å²) >= 11 is 0. The van der Waals surface area contributed by atoms with Crippen molar-refractivity contribution in [2.24, 2.45) is 0 Å². The molecule has 78 heavy (non-hydrogen) atoms. The second kappa shape index (κ2) is 15.4. The zero-order valence-electron chi connectivity index (χ0n) is 42.1. The van der Waals surface area contributed by atoms with E-state index in [1.165, 1.54) is 0 Å². The van der Waals surface area contributed by atoms with Crippen LogP contribution in [0.2, 0.25) is 0 Å². The summed E-state index contributed by atoms with van der Waals surface area (Å²) in [4.78, 5) is 0. The molecule has 17 aromatic rings. The molecule has 0 unspecified atom stereocenters. The monoisotopic (exact) mass is 996 g/mol. The highest BCUT2D eigenvalue weighted by Gasteiger charge is 2.35. The van der Waals surface area contributed by atoms with E-state index < -0.39 is 0 Å². The molecule has 0 bridgehead atoms. The van der Waals surface area contributed by atoms with Gasteiger partial charge >= 0.3 is 0 Å². The van der Waals surface area contributed by atoms with Crippen LogP contribution in [0.1, 0.15) is 22.3 Å². The summed E-state index contributed by atoms with van der Waals surface area (Å²) < 4.78 is 22.4. The van der Waals surface area contributed by atoms with Crippen molar-refractivity contribution in [3.63, 3.8) is 0 Å². The smallest absolute Gasteiger partial charge is 0.136 e. The lowest BCUT2D eigenvalue weighted by molar-refractivity contribution is 0.669. The number of benzene rings is 11. The molecular formula is C70H40N6O2. The Labute approximate surface area is 443 Å². The highest BCUT2D eigenvalue weighted by atomic mass is 16.3. The van der Waals surface area contributed by atoms with E-state index >= 15 is 0 Å². The Kier molecular flexibility index (Phi) is 8.40. The first kappa shape index (κ1) is 42.5. The van der Waals surface area contributed by atoms with Gasteiger partial charge < -0.3 is 27.1 Å². The zero-order valence-corrected chi connectivity index (χ0v) is 42.1. The van der Waals surface area contributed by atoms with Crippen molar-refractivity contribution in [3.8, 4) is 34.9 Å². The maximum absolute atomic E-state index is 12.7. The first-order valence-electron chi connectivity index (χ1n) is 26.2. The summed E-state index contributed by atoms with van der Waals surface area (Å²) in [6.07, 6.45) is 0. The second-order valence-corrected chi connectivity index (χ2v) is 20.7. The summed E-state index contributed by atoms with van der Waals surface area (Å²) in [6, 6.07) is 77.6. The van der Waals surface area contributed by atoms with E-state index in [-0.39, 0.29) is 0 Å². The molecule has 0 amide bonds. The van der Waals surface area contributed by atoms with Gasteiger partial charge in [0, 0.05) is 64.6 Å². The maximum atomic E-state index is 12.7. The van der Waals surface area contributed by atoms with E-state index in [1.54, 1.807) is 0 Å². The molecule has 6 aromatic heterocycles. The van der Waals surface area contributed by atoms with Gasteiger partial charge in [0.15, 0.2) is 0 Å². The molecule has 17 rings (SSSR count). The van der Waals surface area contributed by atoms with Gasteiger partial charge in [0.2, 0.25) is 0 Å². The number of hydrogen-bond acceptors (Lipinski definition) is 4. The van der Waals surface area contributed by atoms with Crippen molar-refractivity contribution >= 4 is 131 Å². The molecule has 0 fully saturated rings. The number of aromatic nitrogens is 4. The fourth-order valence-corrected chi connectivity index (χ4v) is 13.5. The third kappa shape index (κ3) is 5.39. The molecular weight excluding hydrogens is 957 g/mol. The van der Waals surface area contributed by atoms with Gasteiger partial charge in [0.25, 0.3) is 0 Å². The molecule has 8 heteroatoms. The molecule has 11 aromatic carbocycles. The van der Waals surface area contributed by atoms with E-state index in [2.05, 4.69) is 214 Å².